The van der Waals surface area contributed by atoms with Gasteiger partial charge in [0.1, 0.15) is 12.1 Å². The summed E-state index contributed by atoms with van der Waals surface area (Å²) in [6.07, 6.45) is 0. The van der Waals surface area contributed by atoms with Gasteiger partial charge < -0.3 is 20.1 Å². The highest BCUT2D eigenvalue weighted by Gasteiger charge is 2.49. The molecule has 1 heterocycles. The molecule has 1 aliphatic rings. The Balaban J connectivity index is 1.74. The Kier molecular flexibility index (Phi) is 5.78. The van der Waals surface area contributed by atoms with E-state index in [4.69, 9.17) is 9.47 Å². The van der Waals surface area contributed by atoms with Gasteiger partial charge in [0.05, 0.1) is 14.2 Å². The van der Waals surface area contributed by atoms with Crippen molar-refractivity contribution in [1.29, 1.82) is 0 Å². The first-order chi connectivity index (χ1) is 13.8. The number of amides is 4. The molecule has 2 aromatic rings. The average Bonchev–Trinajstić information content (AvgIpc) is 2.92. The first kappa shape index (κ1) is 20.7. The van der Waals surface area contributed by atoms with Crippen LogP contribution in [0.25, 0.3) is 0 Å². The van der Waals surface area contributed by atoms with E-state index in [9.17, 15) is 14.4 Å². The average molecular weight is 462 g/mol. The number of rotatable bonds is 6. The van der Waals surface area contributed by atoms with Crippen LogP contribution in [-0.4, -0.2) is 43.5 Å². The topological polar surface area (TPSA) is 97.0 Å². The Hall–Kier alpha value is -3.07. The number of imide groups is 1. The maximum Gasteiger partial charge on any atom is 0.325 e. The third-order valence-corrected chi connectivity index (χ3v) is 5.14. The Morgan fingerprint density at radius 2 is 1.86 bits per heavy atom. The molecule has 152 valence electrons. The number of halogens is 1. The molecule has 29 heavy (non-hydrogen) atoms. The van der Waals surface area contributed by atoms with E-state index in [0.717, 1.165) is 9.37 Å². The minimum Gasteiger partial charge on any atom is -0.493 e. The zero-order valence-corrected chi connectivity index (χ0v) is 17.7. The molecule has 2 N–H and O–H groups in total. The molecule has 0 radical (unpaired) electrons. The minimum atomic E-state index is -1.25. The normalized spacial score (nSPS) is 18.4. The van der Waals surface area contributed by atoms with E-state index in [1.807, 2.05) is 6.07 Å². The summed E-state index contributed by atoms with van der Waals surface area (Å²) in [5.74, 6) is -0.0471. The SMILES string of the molecule is COc1ccc(NC(=O)CN2C(=O)N[C@](C)(c3cccc(Br)c3)C2=O)cc1OC. The van der Waals surface area contributed by atoms with Crippen molar-refractivity contribution < 1.29 is 23.9 Å². The molecule has 9 heteroatoms. The number of carbonyl (C=O) groups is 3. The second-order valence-corrected chi connectivity index (χ2v) is 7.49. The van der Waals surface area contributed by atoms with Crippen molar-refractivity contribution in [2.75, 3.05) is 26.1 Å². The Bertz CT molecular complexity index is 980. The Labute approximate surface area is 176 Å². The lowest BCUT2D eigenvalue weighted by Gasteiger charge is -2.22. The van der Waals surface area contributed by atoms with Gasteiger partial charge in [0.2, 0.25) is 5.91 Å². The molecule has 8 nitrogen and oxygen atoms in total. The van der Waals surface area contributed by atoms with Crippen LogP contribution in [0, 0.1) is 0 Å². The van der Waals surface area contributed by atoms with Crippen molar-refractivity contribution in [3.8, 4) is 11.5 Å². The fourth-order valence-electron chi connectivity index (χ4n) is 3.09. The molecular formula is C20H20BrN3O5. The van der Waals surface area contributed by atoms with Crippen molar-refractivity contribution >= 4 is 39.5 Å². The summed E-state index contributed by atoms with van der Waals surface area (Å²) in [4.78, 5) is 38.7. The Morgan fingerprint density at radius 1 is 1.14 bits per heavy atom. The molecule has 1 atom stereocenters. The number of urea groups is 1. The van der Waals surface area contributed by atoms with Gasteiger partial charge >= 0.3 is 6.03 Å². The number of ether oxygens (including phenoxy) is 2. The van der Waals surface area contributed by atoms with Gasteiger partial charge in [-0.1, -0.05) is 28.1 Å². The fourth-order valence-corrected chi connectivity index (χ4v) is 3.49. The Morgan fingerprint density at radius 3 is 2.52 bits per heavy atom. The molecule has 3 rings (SSSR count). The lowest BCUT2D eigenvalue weighted by molar-refractivity contribution is -0.133. The number of nitrogens with one attached hydrogen (secondary N) is 2. The first-order valence-corrected chi connectivity index (χ1v) is 9.50. The zero-order chi connectivity index (χ0) is 21.2. The smallest absolute Gasteiger partial charge is 0.325 e. The molecule has 0 aromatic heterocycles. The van der Waals surface area contributed by atoms with Crippen LogP contribution >= 0.6 is 15.9 Å². The number of hydrogen-bond acceptors (Lipinski definition) is 5. The van der Waals surface area contributed by atoms with E-state index in [0.29, 0.717) is 22.7 Å². The minimum absolute atomic E-state index is 0.414. The van der Waals surface area contributed by atoms with Crippen molar-refractivity contribution in [1.82, 2.24) is 10.2 Å². The highest BCUT2D eigenvalue weighted by molar-refractivity contribution is 9.10. The second-order valence-electron chi connectivity index (χ2n) is 6.57. The van der Waals surface area contributed by atoms with Crippen LogP contribution in [0.4, 0.5) is 10.5 Å². The molecule has 4 amide bonds. The summed E-state index contributed by atoms with van der Waals surface area (Å²) < 4.78 is 11.1. The molecule has 0 aliphatic carbocycles. The monoisotopic (exact) mass is 461 g/mol. The van der Waals surface area contributed by atoms with Crippen LogP contribution in [0.5, 0.6) is 11.5 Å². The van der Waals surface area contributed by atoms with Gasteiger partial charge in [-0.05, 0) is 36.8 Å². The third-order valence-electron chi connectivity index (χ3n) is 4.65. The van der Waals surface area contributed by atoms with Gasteiger partial charge in [-0.3, -0.25) is 14.5 Å². The van der Waals surface area contributed by atoms with Gasteiger partial charge in [-0.15, -0.1) is 0 Å². The summed E-state index contributed by atoms with van der Waals surface area (Å²) in [6.45, 7) is 1.20. The molecule has 0 unspecified atom stereocenters. The molecule has 1 fully saturated rings. The van der Waals surface area contributed by atoms with Crippen LogP contribution < -0.4 is 20.1 Å². The lowest BCUT2D eigenvalue weighted by atomic mass is 9.92. The summed E-state index contributed by atoms with van der Waals surface area (Å²) in [6, 6.07) is 11.3. The number of carbonyl (C=O) groups excluding carboxylic acids is 3. The molecule has 0 bridgehead atoms. The predicted molar refractivity (Wildman–Crippen MR) is 110 cm³/mol. The molecule has 2 aromatic carbocycles. The van der Waals surface area contributed by atoms with E-state index >= 15 is 0 Å². The van der Waals surface area contributed by atoms with Gasteiger partial charge in [0, 0.05) is 16.2 Å². The standard InChI is InChI=1S/C20H20BrN3O5/c1-20(12-5-4-6-13(21)9-12)18(26)24(19(27)23-20)11-17(25)22-14-7-8-15(28-2)16(10-14)29-3/h4-10H,11H2,1-3H3,(H,22,25)(H,23,27)/t20-/m1/s1. The molecule has 0 spiro atoms. The molecule has 1 saturated heterocycles. The molecule has 0 saturated carbocycles. The van der Waals surface area contributed by atoms with Crippen molar-refractivity contribution in [3.05, 3.63) is 52.5 Å². The quantitative estimate of drug-likeness (QED) is 0.644. The largest absolute Gasteiger partial charge is 0.493 e. The number of hydrogen-bond donors (Lipinski definition) is 2. The van der Waals surface area contributed by atoms with Crippen LogP contribution in [0.15, 0.2) is 46.9 Å². The van der Waals surface area contributed by atoms with E-state index in [1.165, 1.54) is 14.2 Å². The van der Waals surface area contributed by atoms with Crippen LogP contribution in [0.2, 0.25) is 0 Å². The third kappa shape index (κ3) is 4.04. The summed E-state index contributed by atoms with van der Waals surface area (Å²) in [5.41, 5.74) is -0.174. The summed E-state index contributed by atoms with van der Waals surface area (Å²) >= 11 is 3.36. The van der Waals surface area contributed by atoms with Crippen LogP contribution in [0.3, 0.4) is 0 Å². The van der Waals surface area contributed by atoms with Crippen molar-refractivity contribution in [2.24, 2.45) is 0 Å². The van der Waals surface area contributed by atoms with Crippen molar-refractivity contribution in [2.45, 2.75) is 12.5 Å². The van der Waals surface area contributed by atoms with Gasteiger partial charge in [0.15, 0.2) is 11.5 Å². The highest BCUT2D eigenvalue weighted by atomic mass is 79.9. The summed E-state index contributed by atoms with van der Waals surface area (Å²) in [5, 5.41) is 5.33. The van der Waals surface area contributed by atoms with E-state index in [1.54, 1.807) is 43.3 Å². The van der Waals surface area contributed by atoms with Gasteiger partial charge in [0.25, 0.3) is 5.91 Å². The molecule has 1 aliphatic heterocycles. The first-order valence-electron chi connectivity index (χ1n) is 8.70. The number of benzene rings is 2. The van der Waals surface area contributed by atoms with Crippen LogP contribution in [0.1, 0.15) is 12.5 Å². The predicted octanol–water partition coefficient (Wildman–Crippen LogP) is 2.87. The zero-order valence-electron chi connectivity index (χ0n) is 16.1. The van der Waals surface area contributed by atoms with Gasteiger partial charge in [-0.25, -0.2) is 4.79 Å². The molecular weight excluding hydrogens is 442 g/mol. The summed E-state index contributed by atoms with van der Waals surface area (Å²) in [7, 11) is 3.00. The number of nitrogens with zero attached hydrogens (tertiary/aromatic N) is 1. The van der Waals surface area contributed by atoms with Crippen molar-refractivity contribution in [3.63, 3.8) is 0 Å². The van der Waals surface area contributed by atoms with E-state index in [-0.39, 0.29) is 0 Å². The maximum absolute atomic E-state index is 12.9. The second kappa shape index (κ2) is 8.12. The number of anilines is 1. The number of methoxy groups -OCH3 is 2. The van der Waals surface area contributed by atoms with E-state index < -0.39 is 29.9 Å². The lowest BCUT2D eigenvalue weighted by Crippen LogP contribution is -2.42. The maximum atomic E-state index is 12.9. The fraction of sp³-hybridized carbons (Fsp3) is 0.250. The van der Waals surface area contributed by atoms with Gasteiger partial charge in [-0.2, -0.15) is 0 Å². The highest BCUT2D eigenvalue weighted by Crippen LogP contribution is 2.31. The van der Waals surface area contributed by atoms with Crippen LogP contribution in [-0.2, 0) is 15.1 Å². The van der Waals surface area contributed by atoms with E-state index in [2.05, 4.69) is 26.6 Å².